The molecular formula is C16H25NO2. The fourth-order valence-electron chi connectivity index (χ4n) is 2.24. The van der Waals surface area contributed by atoms with Crippen LogP contribution in [-0.2, 0) is 4.79 Å². The van der Waals surface area contributed by atoms with Crippen LogP contribution in [0.15, 0.2) is 30.3 Å². The van der Waals surface area contributed by atoms with E-state index in [0.29, 0.717) is 6.42 Å². The van der Waals surface area contributed by atoms with Gasteiger partial charge >= 0.3 is 0 Å². The maximum Gasteiger partial charge on any atom is 0.264 e. The Labute approximate surface area is 116 Å². The molecule has 0 saturated carbocycles. The van der Waals surface area contributed by atoms with Crippen molar-refractivity contribution < 1.29 is 9.53 Å². The maximum atomic E-state index is 12.6. The molecule has 0 radical (unpaired) electrons. The van der Waals surface area contributed by atoms with E-state index in [1.165, 1.54) is 0 Å². The number of nitrogens with zero attached hydrogens (tertiary/aromatic N) is 1. The van der Waals surface area contributed by atoms with Gasteiger partial charge in [-0.25, -0.2) is 0 Å². The molecule has 19 heavy (non-hydrogen) atoms. The van der Waals surface area contributed by atoms with E-state index in [2.05, 4.69) is 0 Å². The lowest BCUT2D eigenvalue weighted by molar-refractivity contribution is -0.142. The van der Waals surface area contributed by atoms with E-state index >= 15 is 0 Å². The van der Waals surface area contributed by atoms with E-state index in [4.69, 9.17) is 4.74 Å². The van der Waals surface area contributed by atoms with Crippen LogP contribution in [0.1, 0.15) is 41.0 Å². The molecule has 106 valence electrons. The fourth-order valence-corrected chi connectivity index (χ4v) is 2.24. The first-order chi connectivity index (χ1) is 8.97. The van der Waals surface area contributed by atoms with Crippen molar-refractivity contribution in [1.29, 1.82) is 0 Å². The van der Waals surface area contributed by atoms with Gasteiger partial charge in [-0.3, -0.25) is 4.79 Å². The van der Waals surface area contributed by atoms with Crippen LogP contribution in [0.25, 0.3) is 0 Å². The van der Waals surface area contributed by atoms with Gasteiger partial charge in [-0.05, 0) is 46.2 Å². The second-order valence-corrected chi connectivity index (χ2v) is 5.26. The van der Waals surface area contributed by atoms with E-state index in [0.717, 1.165) is 5.75 Å². The molecule has 1 atom stereocenters. The Hall–Kier alpha value is -1.51. The molecule has 1 amide bonds. The predicted octanol–water partition coefficient (Wildman–Crippen LogP) is 3.49. The monoisotopic (exact) mass is 263 g/mol. The van der Waals surface area contributed by atoms with E-state index in [1.807, 2.05) is 69.9 Å². The predicted molar refractivity (Wildman–Crippen MR) is 78.3 cm³/mol. The van der Waals surface area contributed by atoms with Crippen molar-refractivity contribution in [2.75, 3.05) is 0 Å². The summed E-state index contributed by atoms with van der Waals surface area (Å²) in [6.45, 7) is 10.1. The summed E-state index contributed by atoms with van der Waals surface area (Å²) in [6, 6.07) is 9.88. The van der Waals surface area contributed by atoms with Crippen LogP contribution in [0.3, 0.4) is 0 Å². The summed E-state index contributed by atoms with van der Waals surface area (Å²) in [5, 5.41) is 0. The summed E-state index contributed by atoms with van der Waals surface area (Å²) in [6.07, 6.45) is 0.260. The zero-order chi connectivity index (χ0) is 14.4. The third-order valence-corrected chi connectivity index (χ3v) is 3.03. The summed E-state index contributed by atoms with van der Waals surface area (Å²) in [5.74, 6) is 0.812. The van der Waals surface area contributed by atoms with Gasteiger partial charge in [-0.2, -0.15) is 0 Å². The Balaban J connectivity index is 2.81. The van der Waals surface area contributed by atoms with Crippen molar-refractivity contribution in [3.63, 3.8) is 0 Å². The minimum atomic E-state index is -0.410. The average Bonchev–Trinajstić information content (AvgIpc) is 2.36. The smallest absolute Gasteiger partial charge is 0.264 e. The number of para-hydroxylation sites is 1. The molecule has 3 nitrogen and oxygen atoms in total. The van der Waals surface area contributed by atoms with Gasteiger partial charge in [-0.15, -0.1) is 0 Å². The molecule has 3 heteroatoms. The number of amides is 1. The normalized spacial score (nSPS) is 12.6. The molecule has 0 spiro atoms. The van der Waals surface area contributed by atoms with Gasteiger partial charge in [0.25, 0.3) is 5.91 Å². The van der Waals surface area contributed by atoms with E-state index in [9.17, 15) is 4.79 Å². The van der Waals surface area contributed by atoms with Crippen LogP contribution >= 0.6 is 0 Å². The lowest BCUT2D eigenvalue weighted by Gasteiger charge is -2.33. The fraction of sp³-hybridized carbons (Fsp3) is 0.562. The van der Waals surface area contributed by atoms with Crippen LogP contribution in [0.5, 0.6) is 5.75 Å². The zero-order valence-electron chi connectivity index (χ0n) is 12.6. The second-order valence-electron chi connectivity index (χ2n) is 5.26. The molecule has 0 fully saturated rings. The molecule has 0 N–H and O–H groups in total. The van der Waals surface area contributed by atoms with Crippen molar-refractivity contribution in [2.45, 2.75) is 59.2 Å². The molecule has 0 aromatic heterocycles. The first kappa shape index (κ1) is 15.5. The zero-order valence-corrected chi connectivity index (χ0v) is 12.6. The number of ether oxygens (including phenoxy) is 1. The van der Waals surface area contributed by atoms with E-state index in [-0.39, 0.29) is 18.0 Å². The highest BCUT2D eigenvalue weighted by Crippen LogP contribution is 2.16. The highest BCUT2D eigenvalue weighted by Gasteiger charge is 2.28. The summed E-state index contributed by atoms with van der Waals surface area (Å²) >= 11 is 0. The molecular weight excluding hydrogens is 238 g/mol. The summed E-state index contributed by atoms with van der Waals surface area (Å²) in [5.41, 5.74) is 0. The van der Waals surface area contributed by atoms with Gasteiger partial charge in [0.1, 0.15) is 5.75 Å². The molecule has 1 aromatic rings. The van der Waals surface area contributed by atoms with Gasteiger partial charge in [0.2, 0.25) is 0 Å². The van der Waals surface area contributed by atoms with E-state index in [1.54, 1.807) is 0 Å². The minimum Gasteiger partial charge on any atom is -0.481 e. The Morgan fingerprint density at radius 2 is 1.63 bits per heavy atom. The molecule has 0 heterocycles. The van der Waals surface area contributed by atoms with Crippen LogP contribution in [0.4, 0.5) is 0 Å². The topological polar surface area (TPSA) is 29.5 Å². The van der Waals surface area contributed by atoms with Gasteiger partial charge in [0.05, 0.1) is 0 Å². The Morgan fingerprint density at radius 1 is 1.11 bits per heavy atom. The lowest BCUT2D eigenvalue weighted by Crippen LogP contribution is -2.48. The number of hydrogen-bond acceptors (Lipinski definition) is 2. The highest BCUT2D eigenvalue weighted by molar-refractivity contribution is 5.81. The quantitative estimate of drug-likeness (QED) is 0.786. The molecule has 0 saturated heterocycles. The number of carbonyl (C=O) groups excluding carboxylic acids is 1. The number of hydrogen-bond donors (Lipinski definition) is 0. The van der Waals surface area contributed by atoms with Gasteiger partial charge in [0, 0.05) is 12.1 Å². The van der Waals surface area contributed by atoms with Crippen molar-refractivity contribution in [1.82, 2.24) is 4.90 Å². The van der Waals surface area contributed by atoms with E-state index < -0.39 is 6.10 Å². The molecule has 0 aliphatic rings. The van der Waals surface area contributed by atoms with Crippen molar-refractivity contribution in [3.05, 3.63) is 30.3 Å². The largest absolute Gasteiger partial charge is 0.481 e. The Morgan fingerprint density at radius 3 is 2.05 bits per heavy atom. The van der Waals surface area contributed by atoms with Gasteiger partial charge in [-0.1, -0.05) is 25.1 Å². The number of benzene rings is 1. The SMILES string of the molecule is CCC(Oc1ccccc1)C(=O)N(C(C)C)C(C)C. The third kappa shape index (κ3) is 4.27. The molecule has 0 bridgehead atoms. The Bertz CT molecular complexity index is 379. The first-order valence-corrected chi connectivity index (χ1v) is 7.01. The first-order valence-electron chi connectivity index (χ1n) is 7.01. The number of carbonyl (C=O) groups is 1. The molecule has 0 aliphatic heterocycles. The highest BCUT2D eigenvalue weighted by atomic mass is 16.5. The van der Waals surface area contributed by atoms with Crippen LogP contribution in [0, 0.1) is 0 Å². The minimum absolute atomic E-state index is 0.0661. The van der Waals surface area contributed by atoms with Crippen molar-refractivity contribution in [2.24, 2.45) is 0 Å². The summed E-state index contributed by atoms with van der Waals surface area (Å²) in [7, 11) is 0. The van der Waals surface area contributed by atoms with Crippen LogP contribution in [-0.4, -0.2) is 29.0 Å². The molecule has 1 rings (SSSR count). The standard InChI is InChI=1S/C16H25NO2/c1-6-15(19-14-10-8-7-9-11-14)16(18)17(12(2)3)13(4)5/h7-13,15H,6H2,1-5H3. The second kappa shape index (κ2) is 7.17. The van der Waals surface area contributed by atoms with Gasteiger partial charge in [0.15, 0.2) is 6.10 Å². The van der Waals surface area contributed by atoms with Gasteiger partial charge < -0.3 is 9.64 Å². The summed E-state index contributed by atoms with van der Waals surface area (Å²) in [4.78, 5) is 14.4. The third-order valence-electron chi connectivity index (χ3n) is 3.03. The van der Waals surface area contributed by atoms with Crippen molar-refractivity contribution in [3.8, 4) is 5.75 Å². The molecule has 0 aliphatic carbocycles. The number of rotatable bonds is 6. The van der Waals surface area contributed by atoms with Crippen LogP contribution < -0.4 is 4.74 Å². The maximum absolute atomic E-state index is 12.6. The molecule has 1 unspecified atom stereocenters. The van der Waals surface area contributed by atoms with Crippen LogP contribution in [0.2, 0.25) is 0 Å². The lowest BCUT2D eigenvalue weighted by atomic mass is 10.1. The average molecular weight is 263 g/mol. The summed E-state index contributed by atoms with van der Waals surface area (Å²) < 4.78 is 5.82. The van der Waals surface area contributed by atoms with Crippen molar-refractivity contribution >= 4 is 5.91 Å². The Kier molecular flexibility index (Phi) is 5.87. The molecule has 1 aromatic carbocycles.